The summed E-state index contributed by atoms with van der Waals surface area (Å²) in [7, 11) is 1.67. The van der Waals surface area contributed by atoms with Gasteiger partial charge in [-0.2, -0.15) is 0 Å². The van der Waals surface area contributed by atoms with Gasteiger partial charge in [-0.05, 0) is 48.7 Å². The lowest BCUT2D eigenvalue weighted by Gasteiger charge is -2.32. The predicted octanol–water partition coefficient (Wildman–Crippen LogP) is 3.27. The fraction of sp³-hybridized carbons (Fsp3) is 0.235. The summed E-state index contributed by atoms with van der Waals surface area (Å²) in [5.74, 6) is 0.844. The smallest absolute Gasteiger partial charge is 0.316 e. The SMILES string of the molecule is COc1cccc(N2CCCc3cc(NC(N)=O)ccc32)c1. The molecule has 0 fully saturated rings. The van der Waals surface area contributed by atoms with Crippen LogP contribution in [0.1, 0.15) is 12.0 Å². The summed E-state index contributed by atoms with van der Waals surface area (Å²) in [6.45, 7) is 0.961. The molecule has 114 valence electrons. The van der Waals surface area contributed by atoms with Crippen molar-refractivity contribution in [3.63, 3.8) is 0 Å². The van der Waals surface area contributed by atoms with Crippen LogP contribution >= 0.6 is 0 Å². The van der Waals surface area contributed by atoms with E-state index in [1.165, 1.54) is 5.56 Å². The van der Waals surface area contributed by atoms with Gasteiger partial charge in [-0.3, -0.25) is 0 Å². The predicted molar refractivity (Wildman–Crippen MR) is 88.0 cm³/mol. The number of amides is 2. The van der Waals surface area contributed by atoms with Crippen molar-refractivity contribution in [3.05, 3.63) is 48.0 Å². The third-order valence-corrected chi connectivity index (χ3v) is 3.83. The summed E-state index contributed by atoms with van der Waals surface area (Å²) in [5, 5.41) is 2.63. The van der Waals surface area contributed by atoms with Gasteiger partial charge >= 0.3 is 6.03 Å². The highest BCUT2D eigenvalue weighted by Gasteiger charge is 2.19. The number of primary amides is 1. The van der Waals surface area contributed by atoms with E-state index in [9.17, 15) is 4.79 Å². The Bertz CT molecular complexity index is 700. The van der Waals surface area contributed by atoms with Crippen molar-refractivity contribution < 1.29 is 9.53 Å². The zero-order valence-electron chi connectivity index (χ0n) is 12.5. The van der Waals surface area contributed by atoms with Crippen molar-refractivity contribution in [3.8, 4) is 5.75 Å². The van der Waals surface area contributed by atoms with Gasteiger partial charge in [0.1, 0.15) is 5.75 Å². The average Bonchev–Trinajstić information content (AvgIpc) is 2.53. The summed E-state index contributed by atoms with van der Waals surface area (Å²) in [6.07, 6.45) is 2.05. The molecule has 0 saturated carbocycles. The Balaban J connectivity index is 1.95. The van der Waals surface area contributed by atoms with Gasteiger partial charge in [0, 0.05) is 29.7 Å². The Labute approximate surface area is 129 Å². The fourth-order valence-corrected chi connectivity index (χ4v) is 2.86. The van der Waals surface area contributed by atoms with E-state index in [2.05, 4.69) is 16.3 Å². The van der Waals surface area contributed by atoms with Gasteiger partial charge in [-0.1, -0.05) is 6.07 Å². The van der Waals surface area contributed by atoms with E-state index in [1.54, 1.807) is 7.11 Å². The molecule has 22 heavy (non-hydrogen) atoms. The number of ether oxygens (including phenoxy) is 1. The van der Waals surface area contributed by atoms with E-state index in [0.29, 0.717) is 0 Å². The molecule has 2 aromatic rings. The number of benzene rings is 2. The first-order chi connectivity index (χ1) is 10.7. The second-order valence-corrected chi connectivity index (χ2v) is 5.29. The molecule has 0 atom stereocenters. The topological polar surface area (TPSA) is 67.6 Å². The minimum atomic E-state index is -0.541. The summed E-state index contributed by atoms with van der Waals surface area (Å²) >= 11 is 0. The van der Waals surface area contributed by atoms with Gasteiger partial charge in [0.2, 0.25) is 0 Å². The Morgan fingerprint density at radius 2 is 2.14 bits per heavy atom. The zero-order chi connectivity index (χ0) is 15.5. The molecule has 3 N–H and O–H groups in total. The van der Waals surface area contributed by atoms with Gasteiger partial charge in [0.15, 0.2) is 0 Å². The normalized spacial score (nSPS) is 13.4. The van der Waals surface area contributed by atoms with Crippen LogP contribution in [0.3, 0.4) is 0 Å². The van der Waals surface area contributed by atoms with Gasteiger partial charge < -0.3 is 20.7 Å². The number of hydrogen-bond donors (Lipinski definition) is 2. The summed E-state index contributed by atoms with van der Waals surface area (Å²) in [6, 6.07) is 13.4. The molecule has 0 saturated heterocycles. The van der Waals surface area contributed by atoms with Crippen molar-refractivity contribution in [1.82, 2.24) is 0 Å². The van der Waals surface area contributed by atoms with Crippen LogP contribution < -0.4 is 20.7 Å². The molecular formula is C17H19N3O2. The number of urea groups is 1. The molecule has 1 aliphatic heterocycles. The maximum atomic E-state index is 11.0. The molecule has 0 aromatic heterocycles. The molecule has 0 aliphatic carbocycles. The van der Waals surface area contributed by atoms with E-state index in [0.717, 1.165) is 42.2 Å². The van der Waals surface area contributed by atoms with E-state index < -0.39 is 6.03 Å². The number of hydrogen-bond acceptors (Lipinski definition) is 3. The Hall–Kier alpha value is -2.69. The van der Waals surface area contributed by atoms with Crippen LogP contribution in [0.4, 0.5) is 21.9 Å². The molecule has 1 aliphatic rings. The zero-order valence-corrected chi connectivity index (χ0v) is 12.5. The molecule has 0 radical (unpaired) electrons. The van der Waals surface area contributed by atoms with Crippen LogP contribution in [0.5, 0.6) is 5.75 Å². The number of rotatable bonds is 3. The number of nitrogens with one attached hydrogen (secondary N) is 1. The van der Waals surface area contributed by atoms with E-state index >= 15 is 0 Å². The lowest BCUT2D eigenvalue weighted by atomic mass is 10.00. The lowest BCUT2D eigenvalue weighted by Crippen LogP contribution is -2.25. The fourth-order valence-electron chi connectivity index (χ4n) is 2.86. The van der Waals surface area contributed by atoms with Crippen LogP contribution in [0.15, 0.2) is 42.5 Å². The molecule has 2 aromatic carbocycles. The first-order valence-electron chi connectivity index (χ1n) is 7.28. The summed E-state index contributed by atoms with van der Waals surface area (Å²) < 4.78 is 5.31. The number of carbonyl (C=O) groups excluding carboxylic acids is 1. The quantitative estimate of drug-likeness (QED) is 0.913. The minimum absolute atomic E-state index is 0.541. The third-order valence-electron chi connectivity index (χ3n) is 3.83. The van der Waals surface area contributed by atoms with Crippen molar-refractivity contribution in [2.75, 3.05) is 23.9 Å². The van der Waals surface area contributed by atoms with Gasteiger partial charge in [-0.15, -0.1) is 0 Å². The van der Waals surface area contributed by atoms with Crippen molar-refractivity contribution in [2.45, 2.75) is 12.8 Å². The largest absolute Gasteiger partial charge is 0.497 e. The van der Waals surface area contributed by atoms with Gasteiger partial charge in [0.05, 0.1) is 7.11 Å². The minimum Gasteiger partial charge on any atom is -0.497 e. The summed E-state index contributed by atoms with van der Waals surface area (Å²) in [5.41, 5.74) is 9.39. The van der Waals surface area contributed by atoms with Gasteiger partial charge in [-0.25, -0.2) is 4.79 Å². The second-order valence-electron chi connectivity index (χ2n) is 5.29. The van der Waals surface area contributed by atoms with Gasteiger partial charge in [0.25, 0.3) is 0 Å². The molecular weight excluding hydrogens is 278 g/mol. The molecule has 2 amide bonds. The molecule has 0 bridgehead atoms. The first kappa shape index (κ1) is 14.3. The van der Waals surface area contributed by atoms with Crippen LogP contribution in [0, 0.1) is 0 Å². The maximum Gasteiger partial charge on any atom is 0.316 e. The molecule has 0 spiro atoms. The van der Waals surface area contributed by atoms with Crippen molar-refractivity contribution >= 4 is 23.1 Å². The maximum absolute atomic E-state index is 11.0. The highest BCUT2D eigenvalue weighted by Crippen LogP contribution is 2.36. The van der Waals surface area contributed by atoms with Crippen LogP contribution in [-0.2, 0) is 6.42 Å². The number of carbonyl (C=O) groups is 1. The lowest BCUT2D eigenvalue weighted by molar-refractivity contribution is 0.259. The molecule has 5 heteroatoms. The Morgan fingerprint density at radius 1 is 1.27 bits per heavy atom. The molecule has 1 heterocycles. The van der Waals surface area contributed by atoms with E-state index in [1.807, 2.05) is 36.4 Å². The van der Waals surface area contributed by atoms with E-state index in [4.69, 9.17) is 10.5 Å². The molecule has 0 unspecified atom stereocenters. The number of nitrogens with two attached hydrogens (primary N) is 1. The first-order valence-corrected chi connectivity index (χ1v) is 7.28. The number of fused-ring (bicyclic) bond motifs is 1. The molecule has 3 rings (SSSR count). The van der Waals surface area contributed by atoms with Crippen LogP contribution in [0.25, 0.3) is 0 Å². The second kappa shape index (κ2) is 5.97. The number of methoxy groups -OCH3 is 1. The van der Waals surface area contributed by atoms with Crippen LogP contribution in [-0.4, -0.2) is 19.7 Å². The number of anilines is 3. The monoisotopic (exact) mass is 297 g/mol. The summed E-state index contributed by atoms with van der Waals surface area (Å²) in [4.78, 5) is 13.3. The Kier molecular flexibility index (Phi) is 3.87. The molecule has 5 nitrogen and oxygen atoms in total. The number of nitrogens with zero attached hydrogens (tertiary/aromatic N) is 1. The standard InChI is InChI=1S/C17H19N3O2/c1-22-15-6-2-5-14(11-15)20-9-3-4-12-10-13(19-17(18)21)7-8-16(12)20/h2,5-8,10-11H,3-4,9H2,1H3,(H3,18,19,21). The Morgan fingerprint density at radius 3 is 2.91 bits per heavy atom. The van der Waals surface area contributed by atoms with Crippen molar-refractivity contribution in [1.29, 1.82) is 0 Å². The number of aryl methyl sites for hydroxylation is 1. The highest BCUT2D eigenvalue weighted by atomic mass is 16.5. The van der Waals surface area contributed by atoms with Crippen LogP contribution in [0.2, 0.25) is 0 Å². The third kappa shape index (κ3) is 2.83. The highest BCUT2D eigenvalue weighted by molar-refractivity contribution is 5.88. The van der Waals surface area contributed by atoms with E-state index in [-0.39, 0.29) is 0 Å². The average molecular weight is 297 g/mol. The van der Waals surface area contributed by atoms with Crippen molar-refractivity contribution in [2.24, 2.45) is 5.73 Å².